The first-order valence-corrected chi connectivity index (χ1v) is 4.38. The minimum atomic E-state index is -0.256. The second-order valence-corrected chi connectivity index (χ2v) is 3.24. The Balaban J connectivity index is 2.84. The zero-order chi connectivity index (χ0) is 9.84. The molecule has 0 amide bonds. The summed E-state index contributed by atoms with van der Waals surface area (Å²) in [5, 5.41) is 18.2. The highest BCUT2D eigenvalue weighted by atomic mass is 35.5. The first-order valence-electron chi connectivity index (χ1n) is 4.00. The molecule has 0 aliphatic rings. The van der Waals surface area contributed by atoms with Gasteiger partial charge in [-0.1, -0.05) is 17.7 Å². The molecule has 0 aliphatic heterocycles. The number of hydrogen-bond donors (Lipinski definition) is 3. The van der Waals surface area contributed by atoms with Gasteiger partial charge in [0.1, 0.15) is 5.75 Å². The first kappa shape index (κ1) is 10.3. The monoisotopic (exact) mass is 201 g/mol. The summed E-state index contributed by atoms with van der Waals surface area (Å²) in [6, 6.07) is 4.59. The van der Waals surface area contributed by atoms with Gasteiger partial charge in [0, 0.05) is 12.6 Å². The molecule has 0 saturated heterocycles. The lowest BCUT2D eigenvalue weighted by molar-refractivity contribution is 0.276. The number of halogens is 1. The molecule has 0 aromatic heterocycles. The van der Waals surface area contributed by atoms with Crippen molar-refractivity contribution in [1.82, 2.24) is 0 Å². The molecule has 1 aromatic carbocycles. The predicted molar refractivity (Wildman–Crippen MR) is 51.7 cm³/mol. The minimum Gasteiger partial charge on any atom is -0.506 e. The van der Waals surface area contributed by atoms with Gasteiger partial charge in [0.15, 0.2) is 0 Å². The highest BCUT2D eigenvalue weighted by molar-refractivity contribution is 6.32. The molecule has 0 aliphatic carbocycles. The number of rotatable bonds is 3. The molecule has 1 unspecified atom stereocenters. The van der Waals surface area contributed by atoms with Gasteiger partial charge in [0.2, 0.25) is 0 Å². The molecule has 0 bridgehead atoms. The Morgan fingerprint density at radius 1 is 1.46 bits per heavy atom. The van der Waals surface area contributed by atoms with Gasteiger partial charge in [0.25, 0.3) is 0 Å². The smallest absolute Gasteiger partial charge is 0.134 e. The summed E-state index contributed by atoms with van der Waals surface area (Å²) >= 11 is 5.62. The molecule has 1 aromatic rings. The number of phenols is 1. The fourth-order valence-electron chi connectivity index (χ4n) is 1.07. The number of aliphatic hydroxyl groups excluding tert-OH is 1. The maximum absolute atomic E-state index is 9.27. The third-order valence-electron chi connectivity index (χ3n) is 1.84. The van der Waals surface area contributed by atoms with Crippen molar-refractivity contribution in [2.24, 2.45) is 5.73 Å². The molecule has 1 atom stereocenters. The molecular formula is C9H12ClNO2. The lowest BCUT2D eigenvalue weighted by Crippen LogP contribution is -2.11. The molecule has 72 valence electrons. The van der Waals surface area contributed by atoms with E-state index in [0.29, 0.717) is 11.4 Å². The quantitative estimate of drug-likeness (QED) is 0.693. The van der Waals surface area contributed by atoms with Crippen LogP contribution in [0.4, 0.5) is 0 Å². The molecule has 4 heteroatoms. The normalized spacial score (nSPS) is 12.8. The number of aromatic hydroxyl groups is 1. The van der Waals surface area contributed by atoms with Crippen molar-refractivity contribution in [2.75, 3.05) is 6.61 Å². The molecule has 3 nitrogen and oxygen atoms in total. The summed E-state index contributed by atoms with van der Waals surface area (Å²) < 4.78 is 0. The van der Waals surface area contributed by atoms with Crippen LogP contribution in [0.15, 0.2) is 18.2 Å². The topological polar surface area (TPSA) is 66.5 Å². The second kappa shape index (κ2) is 4.46. The summed E-state index contributed by atoms with van der Waals surface area (Å²) in [5.41, 5.74) is 6.48. The van der Waals surface area contributed by atoms with Crippen LogP contribution >= 0.6 is 11.6 Å². The van der Waals surface area contributed by atoms with Crippen molar-refractivity contribution >= 4 is 11.6 Å². The van der Waals surface area contributed by atoms with E-state index in [1.165, 1.54) is 6.07 Å². The van der Waals surface area contributed by atoms with E-state index < -0.39 is 0 Å². The Labute approximate surface area is 81.8 Å². The number of hydrogen-bond acceptors (Lipinski definition) is 3. The van der Waals surface area contributed by atoms with E-state index in [4.69, 9.17) is 22.4 Å². The van der Waals surface area contributed by atoms with Crippen LogP contribution in [0.3, 0.4) is 0 Å². The van der Waals surface area contributed by atoms with E-state index in [1.54, 1.807) is 12.1 Å². The summed E-state index contributed by atoms with van der Waals surface area (Å²) in [5.74, 6) is 0.0209. The zero-order valence-corrected chi connectivity index (χ0v) is 7.83. The van der Waals surface area contributed by atoms with Gasteiger partial charge in [-0.25, -0.2) is 0 Å². The maximum atomic E-state index is 9.27. The van der Waals surface area contributed by atoms with Crippen LogP contribution < -0.4 is 5.73 Å². The van der Waals surface area contributed by atoms with Crippen molar-refractivity contribution in [2.45, 2.75) is 12.5 Å². The summed E-state index contributed by atoms with van der Waals surface area (Å²) in [4.78, 5) is 0. The van der Waals surface area contributed by atoms with Crippen LogP contribution in [0.25, 0.3) is 0 Å². The van der Waals surface area contributed by atoms with Gasteiger partial charge >= 0.3 is 0 Å². The Hall–Kier alpha value is -0.770. The largest absolute Gasteiger partial charge is 0.506 e. The van der Waals surface area contributed by atoms with Gasteiger partial charge in [-0.15, -0.1) is 0 Å². The Kier molecular flexibility index (Phi) is 3.54. The average molecular weight is 202 g/mol. The van der Waals surface area contributed by atoms with Crippen LogP contribution in [0.2, 0.25) is 5.02 Å². The number of nitrogens with two attached hydrogens (primary N) is 1. The Morgan fingerprint density at radius 3 is 2.69 bits per heavy atom. The minimum absolute atomic E-state index is 0.0209. The zero-order valence-electron chi connectivity index (χ0n) is 7.07. The maximum Gasteiger partial charge on any atom is 0.134 e. The second-order valence-electron chi connectivity index (χ2n) is 2.83. The van der Waals surface area contributed by atoms with Crippen molar-refractivity contribution in [1.29, 1.82) is 0 Å². The third kappa shape index (κ3) is 2.59. The van der Waals surface area contributed by atoms with Crippen molar-refractivity contribution in [3.63, 3.8) is 0 Å². The highest BCUT2D eigenvalue weighted by Gasteiger charge is 2.07. The Morgan fingerprint density at radius 2 is 2.15 bits per heavy atom. The molecule has 0 saturated carbocycles. The van der Waals surface area contributed by atoms with E-state index in [2.05, 4.69) is 0 Å². The SMILES string of the molecule is NC(CCO)c1ccc(Cl)c(O)c1. The molecular weight excluding hydrogens is 190 g/mol. The third-order valence-corrected chi connectivity index (χ3v) is 2.16. The van der Waals surface area contributed by atoms with E-state index in [-0.39, 0.29) is 18.4 Å². The average Bonchev–Trinajstić information content (AvgIpc) is 2.10. The van der Waals surface area contributed by atoms with Crippen molar-refractivity contribution in [3.8, 4) is 5.75 Å². The molecule has 0 fully saturated rings. The van der Waals surface area contributed by atoms with Crippen LogP contribution in [-0.2, 0) is 0 Å². The van der Waals surface area contributed by atoms with Gasteiger partial charge in [-0.3, -0.25) is 0 Å². The Bertz CT molecular complexity index is 291. The fraction of sp³-hybridized carbons (Fsp3) is 0.333. The van der Waals surface area contributed by atoms with Crippen LogP contribution in [0, 0.1) is 0 Å². The summed E-state index contributed by atoms with van der Waals surface area (Å²) in [6.07, 6.45) is 0.473. The molecule has 4 N–H and O–H groups in total. The lowest BCUT2D eigenvalue weighted by atomic mass is 10.1. The van der Waals surface area contributed by atoms with Crippen LogP contribution in [0.5, 0.6) is 5.75 Å². The van der Waals surface area contributed by atoms with E-state index >= 15 is 0 Å². The molecule has 0 radical (unpaired) electrons. The van der Waals surface area contributed by atoms with Gasteiger partial charge in [-0.2, -0.15) is 0 Å². The highest BCUT2D eigenvalue weighted by Crippen LogP contribution is 2.26. The van der Waals surface area contributed by atoms with Gasteiger partial charge in [-0.05, 0) is 24.1 Å². The molecule has 13 heavy (non-hydrogen) atoms. The fourth-order valence-corrected chi connectivity index (χ4v) is 1.18. The first-order chi connectivity index (χ1) is 6.15. The standard InChI is InChI=1S/C9H12ClNO2/c10-7-2-1-6(5-9(7)13)8(11)3-4-12/h1-2,5,8,12-13H,3-4,11H2. The van der Waals surface area contributed by atoms with E-state index in [9.17, 15) is 5.11 Å². The predicted octanol–water partition coefficient (Wildman–Crippen LogP) is 1.43. The van der Waals surface area contributed by atoms with Crippen molar-refractivity contribution in [3.05, 3.63) is 28.8 Å². The van der Waals surface area contributed by atoms with Gasteiger partial charge in [0.05, 0.1) is 5.02 Å². The van der Waals surface area contributed by atoms with E-state index in [0.717, 1.165) is 5.56 Å². The lowest BCUT2D eigenvalue weighted by Gasteiger charge is -2.10. The van der Waals surface area contributed by atoms with Crippen LogP contribution in [0.1, 0.15) is 18.0 Å². The summed E-state index contributed by atoms with van der Waals surface area (Å²) in [7, 11) is 0. The molecule has 1 rings (SSSR count). The summed E-state index contributed by atoms with van der Waals surface area (Å²) in [6.45, 7) is 0.0323. The van der Waals surface area contributed by atoms with Crippen LogP contribution in [-0.4, -0.2) is 16.8 Å². The number of aliphatic hydroxyl groups is 1. The number of benzene rings is 1. The van der Waals surface area contributed by atoms with E-state index in [1.807, 2.05) is 0 Å². The molecule has 0 heterocycles. The number of phenolic OH excluding ortho intramolecular Hbond substituents is 1. The van der Waals surface area contributed by atoms with Gasteiger partial charge < -0.3 is 15.9 Å². The van der Waals surface area contributed by atoms with Crippen molar-refractivity contribution < 1.29 is 10.2 Å². The molecule has 0 spiro atoms.